The van der Waals surface area contributed by atoms with Crippen LogP contribution in [0.2, 0.25) is 0 Å². The molecule has 10 heavy (non-hydrogen) atoms. The second kappa shape index (κ2) is 2.61. The molecule has 0 radical (unpaired) electrons. The lowest BCUT2D eigenvalue weighted by molar-refractivity contribution is 0.313. The number of hydrogen-bond acceptors (Lipinski definition) is 0. The van der Waals surface area contributed by atoms with Crippen LogP contribution >= 0.6 is 0 Å². The van der Waals surface area contributed by atoms with Crippen LogP contribution in [0.15, 0.2) is 24.3 Å². The summed E-state index contributed by atoms with van der Waals surface area (Å²) in [6.07, 6.45) is 10.1. The van der Waals surface area contributed by atoms with Crippen molar-refractivity contribution in [1.82, 2.24) is 0 Å². The van der Waals surface area contributed by atoms with Crippen molar-refractivity contribution >= 4 is 0 Å². The van der Waals surface area contributed by atoms with E-state index in [1.807, 2.05) is 0 Å². The third kappa shape index (κ3) is 1.16. The molecule has 0 aromatic rings. The maximum Gasteiger partial charge on any atom is -0.00858 e. The first-order chi connectivity index (χ1) is 4.69. The topological polar surface area (TPSA) is 0 Å². The molecule has 1 aliphatic carbocycles. The normalized spacial score (nSPS) is 38.5. The van der Waals surface area contributed by atoms with E-state index in [1.165, 1.54) is 6.42 Å². The monoisotopic (exact) mass is 136 g/mol. The van der Waals surface area contributed by atoms with E-state index in [-0.39, 0.29) is 0 Å². The first-order valence-electron chi connectivity index (χ1n) is 4.05. The second-order valence-electron chi connectivity index (χ2n) is 3.39. The van der Waals surface area contributed by atoms with Crippen molar-refractivity contribution in [3.05, 3.63) is 24.3 Å². The fourth-order valence-corrected chi connectivity index (χ4v) is 1.32. The van der Waals surface area contributed by atoms with E-state index in [1.54, 1.807) is 0 Å². The van der Waals surface area contributed by atoms with Gasteiger partial charge in [0.25, 0.3) is 0 Å². The van der Waals surface area contributed by atoms with Gasteiger partial charge in [0.05, 0.1) is 0 Å². The fraction of sp³-hybridized carbons (Fsp3) is 0.600. The highest BCUT2D eigenvalue weighted by atomic mass is 14.3. The minimum Gasteiger partial charge on any atom is -0.0809 e. The van der Waals surface area contributed by atoms with Gasteiger partial charge in [0.2, 0.25) is 0 Å². The maximum atomic E-state index is 2.32. The summed E-state index contributed by atoms with van der Waals surface area (Å²) in [5.41, 5.74) is 0.411. The van der Waals surface area contributed by atoms with Crippen molar-refractivity contribution in [2.24, 2.45) is 11.3 Å². The Kier molecular flexibility index (Phi) is 1.98. The van der Waals surface area contributed by atoms with Crippen molar-refractivity contribution < 1.29 is 0 Å². The van der Waals surface area contributed by atoms with Gasteiger partial charge in [-0.1, -0.05) is 45.1 Å². The fourth-order valence-electron chi connectivity index (χ4n) is 1.32. The van der Waals surface area contributed by atoms with Crippen LogP contribution < -0.4 is 0 Å². The number of allylic oxidation sites excluding steroid dienone is 4. The molecule has 0 heterocycles. The van der Waals surface area contributed by atoms with Crippen molar-refractivity contribution in [2.75, 3.05) is 0 Å². The summed E-state index contributed by atoms with van der Waals surface area (Å²) in [5, 5.41) is 0. The summed E-state index contributed by atoms with van der Waals surface area (Å²) in [7, 11) is 0. The molecule has 0 fully saturated rings. The van der Waals surface area contributed by atoms with E-state index in [9.17, 15) is 0 Å². The molecule has 0 saturated heterocycles. The zero-order valence-corrected chi connectivity index (χ0v) is 7.09. The van der Waals surface area contributed by atoms with Crippen LogP contribution in [0.25, 0.3) is 0 Å². The highest BCUT2D eigenvalue weighted by molar-refractivity contribution is 5.17. The zero-order valence-electron chi connectivity index (χ0n) is 7.09. The van der Waals surface area contributed by atoms with Gasteiger partial charge in [0.15, 0.2) is 0 Å². The molecule has 0 N–H and O–H groups in total. The van der Waals surface area contributed by atoms with Crippen LogP contribution in [-0.2, 0) is 0 Å². The molecule has 0 saturated carbocycles. The van der Waals surface area contributed by atoms with Gasteiger partial charge in [-0.3, -0.25) is 0 Å². The SMILES string of the molecule is CCC1(C)C=CC=CC1C. The van der Waals surface area contributed by atoms with Crippen molar-refractivity contribution in [3.8, 4) is 0 Å². The Hall–Kier alpha value is -0.520. The van der Waals surface area contributed by atoms with Gasteiger partial charge in [-0.05, 0) is 17.8 Å². The van der Waals surface area contributed by atoms with Crippen LogP contribution in [0.5, 0.6) is 0 Å². The summed E-state index contributed by atoms with van der Waals surface area (Å²) in [5.74, 6) is 0.697. The van der Waals surface area contributed by atoms with E-state index < -0.39 is 0 Å². The molecule has 1 aliphatic rings. The molecule has 0 spiro atoms. The quantitative estimate of drug-likeness (QED) is 0.519. The molecule has 0 aromatic carbocycles. The predicted octanol–water partition coefficient (Wildman–Crippen LogP) is 3.16. The lowest BCUT2D eigenvalue weighted by Crippen LogP contribution is -2.21. The Balaban J connectivity index is 2.77. The van der Waals surface area contributed by atoms with Gasteiger partial charge in [-0.15, -0.1) is 0 Å². The van der Waals surface area contributed by atoms with Crippen LogP contribution in [-0.4, -0.2) is 0 Å². The van der Waals surface area contributed by atoms with Gasteiger partial charge in [0, 0.05) is 0 Å². The van der Waals surface area contributed by atoms with Crippen LogP contribution in [0.1, 0.15) is 27.2 Å². The summed E-state index contributed by atoms with van der Waals surface area (Å²) in [6.45, 7) is 6.85. The van der Waals surface area contributed by atoms with Gasteiger partial charge in [-0.2, -0.15) is 0 Å². The number of hydrogen-bond donors (Lipinski definition) is 0. The highest BCUT2D eigenvalue weighted by Crippen LogP contribution is 2.35. The Labute approximate surface area is 63.6 Å². The van der Waals surface area contributed by atoms with E-state index >= 15 is 0 Å². The number of rotatable bonds is 1. The Morgan fingerprint density at radius 1 is 1.40 bits per heavy atom. The minimum atomic E-state index is 0.411. The molecule has 0 amide bonds. The lowest BCUT2D eigenvalue weighted by atomic mass is 9.74. The first-order valence-corrected chi connectivity index (χ1v) is 4.05. The molecule has 0 aliphatic heterocycles. The lowest BCUT2D eigenvalue weighted by Gasteiger charge is -2.31. The molecule has 0 bridgehead atoms. The summed E-state index contributed by atoms with van der Waals surface area (Å²) < 4.78 is 0. The summed E-state index contributed by atoms with van der Waals surface area (Å²) in [6, 6.07) is 0. The highest BCUT2D eigenvalue weighted by Gasteiger charge is 2.25. The predicted molar refractivity (Wildman–Crippen MR) is 45.8 cm³/mol. The molecule has 2 unspecified atom stereocenters. The largest absolute Gasteiger partial charge is 0.0809 e. The van der Waals surface area contributed by atoms with Crippen LogP contribution in [0.3, 0.4) is 0 Å². The third-order valence-corrected chi connectivity index (χ3v) is 2.79. The maximum absolute atomic E-state index is 2.32. The van der Waals surface area contributed by atoms with E-state index in [0.717, 1.165) is 0 Å². The Morgan fingerprint density at radius 2 is 2.10 bits per heavy atom. The molecule has 0 aromatic heterocycles. The van der Waals surface area contributed by atoms with Crippen molar-refractivity contribution in [2.45, 2.75) is 27.2 Å². The molecule has 2 atom stereocenters. The second-order valence-corrected chi connectivity index (χ2v) is 3.39. The van der Waals surface area contributed by atoms with Crippen molar-refractivity contribution in [3.63, 3.8) is 0 Å². The van der Waals surface area contributed by atoms with Crippen LogP contribution in [0.4, 0.5) is 0 Å². The van der Waals surface area contributed by atoms with Gasteiger partial charge < -0.3 is 0 Å². The van der Waals surface area contributed by atoms with E-state index in [4.69, 9.17) is 0 Å². The van der Waals surface area contributed by atoms with E-state index in [0.29, 0.717) is 11.3 Å². The van der Waals surface area contributed by atoms with Gasteiger partial charge in [-0.25, -0.2) is 0 Å². The molecular weight excluding hydrogens is 120 g/mol. The van der Waals surface area contributed by atoms with Gasteiger partial charge in [0.1, 0.15) is 0 Å². The summed E-state index contributed by atoms with van der Waals surface area (Å²) in [4.78, 5) is 0. The molecule has 56 valence electrons. The Morgan fingerprint density at radius 3 is 2.50 bits per heavy atom. The minimum absolute atomic E-state index is 0.411. The third-order valence-electron chi connectivity index (χ3n) is 2.79. The zero-order chi connectivity index (χ0) is 7.61. The molecule has 1 rings (SSSR count). The van der Waals surface area contributed by atoms with E-state index in [2.05, 4.69) is 45.1 Å². The van der Waals surface area contributed by atoms with Crippen molar-refractivity contribution in [1.29, 1.82) is 0 Å². The first kappa shape index (κ1) is 7.59. The molecule has 0 nitrogen and oxygen atoms in total. The van der Waals surface area contributed by atoms with Gasteiger partial charge >= 0.3 is 0 Å². The summed E-state index contributed by atoms with van der Waals surface area (Å²) >= 11 is 0. The average molecular weight is 136 g/mol. The average Bonchev–Trinajstić information content (AvgIpc) is 1.96. The van der Waals surface area contributed by atoms with Crippen LogP contribution in [0, 0.1) is 11.3 Å². The molecule has 0 heteroatoms. The Bertz CT molecular complexity index is 165. The smallest absolute Gasteiger partial charge is 0.00858 e. The molecular formula is C10H16. The standard InChI is InChI=1S/C10H16/c1-4-10(3)8-6-5-7-9(10)2/h5-9H,4H2,1-3H3.